The standard InChI is InChI=1S/C13H26O4S/c1-9(2)12-6-5-10(3)7-13(12)17-11(4)8-18(14,15)16/h9-13H,5-8H2,1-4H3,(H,14,15,16). The maximum atomic E-state index is 10.8. The highest BCUT2D eigenvalue weighted by Gasteiger charge is 2.32. The van der Waals surface area contributed by atoms with Crippen molar-refractivity contribution in [2.75, 3.05) is 5.75 Å². The van der Waals surface area contributed by atoms with Crippen LogP contribution < -0.4 is 0 Å². The van der Waals surface area contributed by atoms with Crippen LogP contribution in [0.4, 0.5) is 0 Å². The molecule has 0 aromatic rings. The van der Waals surface area contributed by atoms with Crippen molar-refractivity contribution in [2.24, 2.45) is 17.8 Å². The van der Waals surface area contributed by atoms with Crippen molar-refractivity contribution in [3.8, 4) is 0 Å². The fraction of sp³-hybridized carbons (Fsp3) is 1.00. The molecule has 1 aliphatic carbocycles. The average molecular weight is 278 g/mol. The predicted molar refractivity (Wildman–Crippen MR) is 72.1 cm³/mol. The second-order valence-corrected chi connectivity index (χ2v) is 7.56. The van der Waals surface area contributed by atoms with Crippen molar-refractivity contribution >= 4 is 10.1 Å². The van der Waals surface area contributed by atoms with Crippen LogP contribution in [0.5, 0.6) is 0 Å². The van der Waals surface area contributed by atoms with Gasteiger partial charge in [-0.3, -0.25) is 4.55 Å². The fourth-order valence-corrected chi connectivity index (χ4v) is 3.58. The number of hydrogen-bond acceptors (Lipinski definition) is 3. The molecule has 0 spiro atoms. The van der Waals surface area contributed by atoms with Crippen molar-refractivity contribution in [3.63, 3.8) is 0 Å². The van der Waals surface area contributed by atoms with Gasteiger partial charge in [0.1, 0.15) is 5.75 Å². The molecule has 18 heavy (non-hydrogen) atoms. The molecule has 4 nitrogen and oxygen atoms in total. The van der Waals surface area contributed by atoms with Crippen LogP contribution in [0.25, 0.3) is 0 Å². The molecule has 1 N–H and O–H groups in total. The Bertz CT molecular complexity index is 350. The predicted octanol–water partition coefficient (Wildman–Crippen LogP) is 2.74. The molecule has 0 aromatic heterocycles. The van der Waals surface area contributed by atoms with Crippen molar-refractivity contribution in [3.05, 3.63) is 0 Å². The first-order valence-corrected chi connectivity index (χ1v) is 8.40. The zero-order valence-electron chi connectivity index (χ0n) is 11.8. The molecule has 0 radical (unpaired) electrons. The van der Waals surface area contributed by atoms with E-state index in [4.69, 9.17) is 9.29 Å². The molecule has 1 saturated carbocycles. The Hall–Kier alpha value is -0.130. The van der Waals surface area contributed by atoms with Crippen LogP contribution in [-0.2, 0) is 14.9 Å². The molecule has 0 heterocycles. The van der Waals surface area contributed by atoms with Gasteiger partial charge in [0.05, 0.1) is 12.2 Å². The first-order valence-electron chi connectivity index (χ1n) is 6.79. The highest BCUT2D eigenvalue weighted by molar-refractivity contribution is 7.85. The highest BCUT2D eigenvalue weighted by Crippen LogP contribution is 2.35. The minimum absolute atomic E-state index is 0.116. The molecule has 0 bridgehead atoms. The van der Waals surface area contributed by atoms with Gasteiger partial charge in [-0.25, -0.2) is 0 Å². The molecule has 108 valence electrons. The molecule has 0 aliphatic heterocycles. The van der Waals surface area contributed by atoms with Gasteiger partial charge in [0.15, 0.2) is 0 Å². The molecule has 4 unspecified atom stereocenters. The Morgan fingerprint density at radius 3 is 2.39 bits per heavy atom. The summed E-state index contributed by atoms with van der Waals surface area (Å²) in [5, 5.41) is 0. The number of rotatable bonds is 5. The highest BCUT2D eigenvalue weighted by atomic mass is 32.2. The Balaban J connectivity index is 2.60. The third-order valence-corrected chi connectivity index (χ3v) is 4.70. The van der Waals surface area contributed by atoms with Gasteiger partial charge in [-0.2, -0.15) is 8.42 Å². The van der Waals surface area contributed by atoms with E-state index in [9.17, 15) is 8.42 Å². The van der Waals surface area contributed by atoms with Gasteiger partial charge < -0.3 is 4.74 Å². The largest absolute Gasteiger partial charge is 0.374 e. The van der Waals surface area contributed by atoms with Gasteiger partial charge in [0.25, 0.3) is 10.1 Å². The van der Waals surface area contributed by atoms with E-state index in [1.165, 1.54) is 6.42 Å². The van der Waals surface area contributed by atoms with Gasteiger partial charge in [0, 0.05) is 0 Å². The molecule has 1 rings (SSSR count). The van der Waals surface area contributed by atoms with Gasteiger partial charge in [-0.1, -0.05) is 27.2 Å². The first-order chi connectivity index (χ1) is 8.19. The molecule has 1 aliphatic rings. The van der Waals surface area contributed by atoms with Crippen LogP contribution in [0.15, 0.2) is 0 Å². The van der Waals surface area contributed by atoms with Gasteiger partial charge in [0.2, 0.25) is 0 Å². The summed E-state index contributed by atoms with van der Waals surface area (Å²) in [5.74, 6) is 1.34. The lowest BCUT2D eigenvalue weighted by molar-refractivity contribution is -0.0664. The van der Waals surface area contributed by atoms with Crippen molar-refractivity contribution in [1.29, 1.82) is 0 Å². The van der Waals surface area contributed by atoms with Gasteiger partial charge >= 0.3 is 0 Å². The van der Waals surface area contributed by atoms with Crippen LogP contribution in [0.3, 0.4) is 0 Å². The summed E-state index contributed by atoms with van der Waals surface area (Å²) < 4.78 is 36.4. The van der Waals surface area contributed by atoms with Crippen LogP contribution in [0.1, 0.15) is 47.0 Å². The van der Waals surface area contributed by atoms with Crippen molar-refractivity contribution in [1.82, 2.24) is 0 Å². The monoisotopic (exact) mass is 278 g/mol. The fourth-order valence-electron chi connectivity index (χ4n) is 2.91. The van der Waals surface area contributed by atoms with Crippen LogP contribution >= 0.6 is 0 Å². The third kappa shape index (κ3) is 5.24. The quantitative estimate of drug-likeness (QED) is 0.785. The van der Waals surface area contributed by atoms with E-state index >= 15 is 0 Å². The van der Waals surface area contributed by atoms with E-state index in [2.05, 4.69) is 20.8 Å². The lowest BCUT2D eigenvalue weighted by Crippen LogP contribution is -2.38. The smallest absolute Gasteiger partial charge is 0.267 e. The average Bonchev–Trinajstić information content (AvgIpc) is 2.13. The molecule has 5 heteroatoms. The second kappa shape index (κ2) is 6.35. The Labute approximate surface area is 111 Å². The summed E-state index contributed by atoms with van der Waals surface area (Å²) >= 11 is 0. The summed E-state index contributed by atoms with van der Waals surface area (Å²) in [5.41, 5.74) is 0. The first kappa shape index (κ1) is 15.9. The van der Waals surface area contributed by atoms with E-state index in [1.54, 1.807) is 6.92 Å². The molecule has 1 fully saturated rings. The lowest BCUT2D eigenvalue weighted by atomic mass is 9.75. The maximum Gasteiger partial charge on any atom is 0.267 e. The van der Waals surface area contributed by atoms with Crippen LogP contribution in [0, 0.1) is 17.8 Å². The Kier molecular flexibility index (Phi) is 5.62. The SMILES string of the molecule is CC1CCC(C(C)C)C(OC(C)CS(=O)(=O)O)C1. The van der Waals surface area contributed by atoms with Gasteiger partial charge in [-0.15, -0.1) is 0 Å². The van der Waals surface area contributed by atoms with Crippen molar-refractivity contribution in [2.45, 2.75) is 59.2 Å². The van der Waals surface area contributed by atoms with Crippen LogP contribution in [0.2, 0.25) is 0 Å². The number of ether oxygens (including phenoxy) is 1. The normalized spacial score (nSPS) is 31.6. The zero-order valence-corrected chi connectivity index (χ0v) is 12.6. The number of hydrogen-bond donors (Lipinski definition) is 1. The molecule has 4 atom stereocenters. The topological polar surface area (TPSA) is 63.6 Å². The second-order valence-electron chi connectivity index (χ2n) is 6.06. The molecular weight excluding hydrogens is 252 g/mol. The molecule has 0 aromatic carbocycles. The summed E-state index contributed by atoms with van der Waals surface area (Å²) in [6.07, 6.45) is 3.01. The van der Waals surface area contributed by atoms with Gasteiger partial charge in [-0.05, 0) is 37.5 Å². The lowest BCUT2D eigenvalue weighted by Gasteiger charge is -2.38. The zero-order chi connectivity index (χ0) is 13.9. The van der Waals surface area contributed by atoms with Crippen LogP contribution in [-0.4, -0.2) is 30.9 Å². The van der Waals surface area contributed by atoms with E-state index in [-0.39, 0.29) is 11.9 Å². The minimum atomic E-state index is -3.95. The molecule has 0 amide bonds. The Morgan fingerprint density at radius 2 is 1.89 bits per heavy atom. The molecule has 0 saturated heterocycles. The Morgan fingerprint density at radius 1 is 1.28 bits per heavy atom. The third-order valence-electron chi connectivity index (χ3n) is 3.81. The van der Waals surface area contributed by atoms with E-state index in [1.807, 2.05) is 0 Å². The minimum Gasteiger partial charge on any atom is -0.374 e. The summed E-state index contributed by atoms with van der Waals surface area (Å²) in [7, 11) is -3.95. The summed E-state index contributed by atoms with van der Waals surface area (Å²) in [6.45, 7) is 8.29. The summed E-state index contributed by atoms with van der Waals surface area (Å²) in [6, 6.07) is 0. The summed E-state index contributed by atoms with van der Waals surface area (Å²) in [4.78, 5) is 0. The van der Waals surface area contributed by atoms with E-state index in [0.29, 0.717) is 17.8 Å². The van der Waals surface area contributed by atoms with Crippen molar-refractivity contribution < 1.29 is 17.7 Å². The maximum absolute atomic E-state index is 10.8. The van der Waals surface area contributed by atoms with E-state index < -0.39 is 16.2 Å². The van der Waals surface area contributed by atoms with E-state index in [0.717, 1.165) is 12.8 Å². The molecular formula is C13H26O4S.